The number of benzene rings is 2. The van der Waals surface area contributed by atoms with Gasteiger partial charge in [-0.15, -0.1) is 0 Å². The number of rotatable bonds is 9. The zero-order valence-corrected chi connectivity index (χ0v) is 20.1. The molecule has 1 saturated heterocycles. The van der Waals surface area contributed by atoms with Gasteiger partial charge >= 0.3 is 0 Å². The smallest absolute Gasteiger partial charge is 0.293 e. The Morgan fingerprint density at radius 3 is 2.52 bits per heavy atom. The average molecular weight is 469 g/mol. The molecule has 33 heavy (non-hydrogen) atoms. The van der Waals surface area contributed by atoms with E-state index >= 15 is 0 Å². The lowest BCUT2D eigenvalue weighted by atomic mass is 10.1. The van der Waals surface area contributed by atoms with Crippen molar-refractivity contribution in [3.05, 3.63) is 58.0 Å². The number of aryl methyl sites for hydroxylation is 2. The number of nitrogens with zero attached hydrogens (tertiary/aromatic N) is 1. The zero-order chi connectivity index (χ0) is 24.0. The second-order valence-corrected chi connectivity index (χ2v) is 8.60. The molecule has 7 nitrogen and oxygen atoms in total. The minimum Gasteiger partial charge on any atom is -0.490 e. The van der Waals surface area contributed by atoms with E-state index in [-0.39, 0.29) is 23.7 Å². The summed E-state index contributed by atoms with van der Waals surface area (Å²) in [6.07, 6.45) is 2.38. The molecule has 1 fully saturated rings. The van der Waals surface area contributed by atoms with Crippen molar-refractivity contribution in [3.8, 4) is 11.5 Å². The number of carbonyl (C=O) groups is 3. The van der Waals surface area contributed by atoms with Crippen molar-refractivity contribution in [2.24, 2.45) is 0 Å². The quantitative estimate of drug-likeness (QED) is 0.512. The maximum absolute atomic E-state index is 12.5. The standard InChI is InChI=1S/C25H28N2O5S/c1-5-11-27-24(29)22(33-25(27)30)14-18-8-10-20(21(13-18)31-6-2)32-15-23(28)26-19-9-7-16(3)17(4)12-19/h7-10,12-14H,5-6,11,15H2,1-4H3,(H,26,28)/b22-14+. The molecule has 0 bridgehead atoms. The van der Waals surface area contributed by atoms with Gasteiger partial charge in [-0.2, -0.15) is 0 Å². The Labute approximate surface area is 198 Å². The summed E-state index contributed by atoms with van der Waals surface area (Å²) in [4.78, 5) is 38.5. The fourth-order valence-electron chi connectivity index (χ4n) is 3.23. The van der Waals surface area contributed by atoms with Crippen LogP contribution in [0.25, 0.3) is 6.08 Å². The first kappa shape index (κ1) is 24.4. The Kier molecular flexibility index (Phi) is 8.16. The SMILES string of the molecule is CCCN1C(=O)S/C(=C/c2ccc(OCC(=O)Nc3ccc(C)c(C)c3)c(OCC)c2)C1=O. The molecule has 1 heterocycles. The number of imide groups is 1. The van der Waals surface area contributed by atoms with Crippen LogP contribution in [-0.2, 0) is 9.59 Å². The number of anilines is 1. The van der Waals surface area contributed by atoms with E-state index in [0.29, 0.717) is 47.2 Å². The number of thioether (sulfide) groups is 1. The lowest BCUT2D eigenvalue weighted by Crippen LogP contribution is -2.28. The first-order chi connectivity index (χ1) is 15.8. The van der Waals surface area contributed by atoms with Gasteiger partial charge < -0.3 is 14.8 Å². The van der Waals surface area contributed by atoms with Crippen molar-refractivity contribution in [2.75, 3.05) is 25.1 Å². The Morgan fingerprint density at radius 1 is 1.03 bits per heavy atom. The largest absolute Gasteiger partial charge is 0.490 e. The van der Waals surface area contributed by atoms with E-state index in [4.69, 9.17) is 9.47 Å². The molecule has 0 aliphatic carbocycles. The Hall–Kier alpha value is -3.26. The van der Waals surface area contributed by atoms with E-state index in [1.54, 1.807) is 24.3 Å². The number of ether oxygens (including phenoxy) is 2. The third-order valence-electron chi connectivity index (χ3n) is 5.04. The first-order valence-corrected chi connectivity index (χ1v) is 11.7. The monoisotopic (exact) mass is 468 g/mol. The Morgan fingerprint density at radius 2 is 1.82 bits per heavy atom. The highest BCUT2D eigenvalue weighted by Gasteiger charge is 2.34. The summed E-state index contributed by atoms with van der Waals surface area (Å²) in [5.74, 6) is 0.309. The van der Waals surface area contributed by atoms with Crippen molar-refractivity contribution < 1.29 is 23.9 Å². The molecular formula is C25H28N2O5S. The number of amides is 3. The van der Waals surface area contributed by atoms with Crippen molar-refractivity contribution in [3.63, 3.8) is 0 Å². The number of nitrogens with one attached hydrogen (secondary N) is 1. The summed E-state index contributed by atoms with van der Waals surface area (Å²) in [6.45, 7) is 8.40. The normalized spacial score (nSPS) is 14.7. The van der Waals surface area contributed by atoms with Crippen LogP contribution >= 0.6 is 11.8 Å². The molecule has 8 heteroatoms. The van der Waals surface area contributed by atoms with Crippen LogP contribution in [0, 0.1) is 13.8 Å². The van der Waals surface area contributed by atoms with Gasteiger partial charge in [0.1, 0.15) is 0 Å². The summed E-state index contributed by atoms with van der Waals surface area (Å²) in [5, 5.41) is 2.57. The maximum atomic E-state index is 12.5. The highest BCUT2D eigenvalue weighted by Crippen LogP contribution is 2.34. The van der Waals surface area contributed by atoms with Gasteiger partial charge in [0.15, 0.2) is 18.1 Å². The minimum atomic E-state index is -0.284. The predicted molar refractivity (Wildman–Crippen MR) is 131 cm³/mol. The third kappa shape index (κ3) is 6.16. The van der Waals surface area contributed by atoms with Crippen LogP contribution in [0.2, 0.25) is 0 Å². The lowest BCUT2D eigenvalue weighted by molar-refractivity contribution is -0.122. The molecule has 174 valence electrons. The lowest BCUT2D eigenvalue weighted by Gasteiger charge is -2.13. The van der Waals surface area contributed by atoms with E-state index in [9.17, 15) is 14.4 Å². The number of hydrogen-bond acceptors (Lipinski definition) is 6. The molecule has 1 N–H and O–H groups in total. The summed E-state index contributed by atoms with van der Waals surface area (Å²) in [6, 6.07) is 10.9. The van der Waals surface area contributed by atoms with Crippen molar-refractivity contribution >= 4 is 40.6 Å². The van der Waals surface area contributed by atoms with Crippen LogP contribution in [0.5, 0.6) is 11.5 Å². The zero-order valence-electron chi connectivity index (χ0n) is 19.3. The van der Waals surface area contributed by atoms with Gasteiger partial charge in [-0.3, -0.25) is 19.3 Å². The molecule has 0 aromatic heterocycles. The number of carbonyl (C=O) groups excluding carboxylic acids is 3. The topological polar surface area (TPSA) is 84.9 Å². The average Bonchev–Trinajstić information content (AvgIpc) is 3.03. The van der Waals surface area contributed by atoms with Gasteiger partial charge in [0, 0.05) is 12.2 Å². The van der Waals surface area contributed by atoms with Crippen LogP contribution in [0.3, 0.4) is 0 Å². The van der Waals surface area contributed by atoms with Crippen molar-refractivity contribution in [1.82, 2.24) is 4.90 Å². The minimum absolute atomic E-state index is 0.178. The summed E-state index contributed by atoms with van der Waals surface area (Å²) >= 11 is 0.930. The van der Waals surface area contributed by atoms with Crippen LogP contribution in [0.15, 0.2) is 41.3 Å². The van der Waals surface area contributed by atoms with Gasteiger partial charge in [0.05, 0.1) is 11.5 Å². The maximum Gasteiger partial charge on any atom is 0.293 e. The molecule has 0 spiro atoms. The molecule has 2 aromatic carbocycles. The van der Waals surface area contributed by atoms with Crippen LogP contribution < -0.4 is 14.8 Å². The molecule has 2 aromatic rings. The highest BCUT2D eigenvalue weighted by molar-refractivity contribution is 8.18. The molecule has 0 atom stereocenters. The van der Waals surface area contributed by atoms with E-state index < -0.39 is 0 Å². The molecular weight excluding hydrogens is 440 g/mol. The molecule has 1 aliphatic rings. The van der Waals surface area contributed by atoms with E-state index in [2.05, 4.69) is 5.32 Å². The Balaban J connectivity index is 1.69. The van der Waals surface area contributed by atoms with Crippen LogP contribution in [0.1, 0.15) is 37.0 Å². The molecule has 3 amide bonds. The second-order valence-electron chi connectivity index (χ2n) is 7.61. The van der Waals surface area contributed by atoms with Crippen LogP contribution in [0.4, 0.5) is 10.5 Å². The fourth-order valence-corrected chi connectivity index (χ4v) is 4.09. The Bertz CT molecular complexity index is 1100. The number of hydrogen-bond donors (Lipinski definition) is 1. The van der Waals surface area contributed by atoms with Gasteiger partial charge in [0.25, 0.3) is 17.1 Å². The van der Waals surface area contributed by atoms with Gasteiger partial charge in [-0.05, 0) is 86.0 Å². The van der Waals surface area contributed by atoms with Gasteiger partial charge in [-0.25, -0.2) is 0 Å². The van der Waals surface area contributed by atoms with Crippen molar-refractivity contribution in [1.29, 1.82) is 0 Å². The van der Waals surface area contributed by atoms with E-state index in [1.165, 1.54) is 4.90 Å². The molecule has 1 aliphatic heterocycles. The van der Waals surface area contributed by atoms with Gasteiger partial charge in [-0.1, -0.05) is 19.1 Å². The van der Waals surface area contributed by atoms with E-state index in [0.717, 1.165) is 22.9 Å². The second kappa shape index (κ2) is 11.0. The van der Waals surface area contributed by atoms with Gasteiger partial charge in [0.2, 0.25) is 0 Å². The summed E-state index contributed by atoms with van der Waals surface area (Å²) in [7, 11) is 0. The summed E-state index contributed by atoms with van der Waals surface area (Å²) in [5.41, 5.74) is 3.66. The molecule has 0 unspecified atom stereocenters. The third-order valence-corrected chi connectivity index (χ3v) is 5.94. The molecule has 0 radical (unpaired) electrons. The summed E-state index contributed by atoms with van der Waals surface area (Å²) < 4.78 is 11.4. The highest BCUT2D eigenvalue weighted by atomic mass is 32.2. The predicted octanol–water partition coefficient (Wildman–Crippen LogP) is 5.17. The molecule has 0 saturated carbocycles. The van der Waals surface area contributed by atoms with Crippen LogP contribution in [-0.4, -0.2) is 41.7 Å². The fraction of sp³-hybridized carbons (Fsp3) is 0.320. The van der Waals surface area contributed by atoms with Crippen molar-refractivity contribution in [2.45, 2.75) is 34.1 Å². The molecule has 3 rings (SSSR count). The first-order valence-electron chi connectivity index (χ1n) is 10.8. The van der Waals surface area contributed by atoms with E-state index in [1.807, 2.05) is 45.9 Å².